The third-order valence-corrected chi connectivity index (χ3v) is 4.55. The maximum Gasteiger partial charge on any atom is 0.418 e. The quantitative estimate of drug-likeness (QED) is 0.627. The molecule has 6 nitrogen and oxygen atoms in total. The molecule has 1 aromatic heterocycles. The number of rotatable bonds is 5. The number of hydrogen-bond donors (Lipinski definition) is 2. The smallest absolute Gasteiger partial charge is 0.418 e. The first-order chi connectivity index (χ1) is 13.8. The number of amides is 2. The summed E-state index contributed by atoms with van der Waals surface area (Å²) in [7, 11) is 1.50. The highest BCUT2D eigenvalue weighted by Crippen LogP contribution is 2.34. The highest BCUT2D eigenvalue weighted by atomic mass is 32.1. The second-order valence-electron chi connectivity index (χ2n) is 5.72. The Balaban J connectivity index is 1.70. The monoisotopic (exact) mass is 421 g/mol. The van der Waals surface area contributed by atoms with Gasteiger partial charge in [0, 0.05) is 10.9 Å². The fourth-order valence-corrected chi connectivity index (χ4v) is 3.06. The molecule has 3 aromatic rings. The van der Waals surface area contributed by atoms with E-state index >= 15 is 0 Å². The van der Waals surface area contributed by atoms with Crippen LogP contribution in [0.15, 0.2) is 53.9 Å². The minimum atomic E-state index is -4.61. The Labute approximate surface area is 167 Å². The van der Waals surface area contributed by atoms with Crippen LogP contribution in [0.2, 0.25) is 0 Å². The van der Waals surface area contributed by atoms with Gasteiger partial charge in [-0.3, -0.25) is 14.9 Å². The summed E-state index contributed by atoms with van der Waals surface area (Å²) in [4.78, 5) is 28.5. The molecule has 0 aliphatic rings. The van der Waals surface area contributed by atoms with Gasteiger partial charge in [-0.15, -0.1) is 11.3 Å². The van der Waals surface area contributed by atoms with Crippen LogP contribution < -0.4 is 15.4 Å². The Hall–Kier alpha value is -3.40. The summed E-state index contributed by atoms with van der Waals surface area (Å²) in [5.74, 6) is -0.673. The number of benzene rings is 2. The van der Waals surface area contributed by atoms with Crippen LogP contribution in [-0.4, -0.2) is 23.9 Å². The number of alkyl halides is 3. The maximum absolute atomic E-state index is 13.0. The first-order valence-corrected chi connectivity index (χ1v) is 9.04. The molecule has 2 aromatic carbocycles. The summed E-state index contributed by atoms with van der Waals surface area (Å²) < 4.78 is 44.1. The first kappa shape index (κ1) is 20.3. The lowest BCUT2D eigenvalue weighted by atomic mass is 10.1. The van der Waals surface area contributed by atoms with Gasteiger partial charge in [0.25, 0.3) is 11.8 Å². The Kier molecular flexibility index (Phi) is 5.83. The Morgan fingerprint density at radius 3 is 2.34 bits per heavy atom. The van der Waals surface area contributed by atoms with E-state index in [1.165, 1.54) is 24.6 Å². The zero-order valence-electron chi connectivity index (χ0n) is 14.9. The minimum Gasteiger partial charge on any atom is -0.497 e. The molecule has 2 amide bonds. The number of para-hydroxylation sites is 1. The van der Waals surface area contributed by atoms with Crippen molar-refractivity contribution in [1.29, 1.82) is 0 Å². The summed E-state index contributed by atoms with van der Waals surface area (Å²) in [5.41, 5.74) is -1.10. The summed E-state index contributed by atoms with van der Waals surface area (Å²) in [6.07, 6.45) is -4.61. The summed E-state index contributed by atoms with van der Waals surface area (Å²) in [6.45, 7) is 0. The highest BCUT2D eigenvalue weighted by Gasteiger charge is 2.33. The molecule has 0 aliphatic carbocycles. The summed E-state index contributed by atoms with van der Waals surface area (Å²) in [5, 5.41) is 6.22. The van der Waals surface area contributed by atoms with Crippen molar-refractivity contribution < 1.29 is 27.5 Å². The van der Waals surface area contributed by atoms with Crippen LogP contribution in [-0.2, 0) is 6.18 Å². The van der Waals surface area contributed by atoms with Crippen molar-refractivity contribution in [2.75, 3.05) is 17.7 Å². The van der Waals surface area contributed by atoms with Gasteiger partial charge in [0.2, 0.25) is 0 Å². The molecule has 0 atom stereocenters. The minimum absolute atomic E-state index is 0.114. The predicted octanol–water partition coefficient (Wildman–Crippen LogP) is 4.68. The zero-order chi connectivity index (χ0) is 21.0. The molecule has 0 saturated heterocycles. The number of ether oxygens (including phenoxy) is 1. The third kappa shape index (κ3) is 4.91. The number of nitrogens with zero attached hydrogens (tertiary/aromatic N) is 1. The normalized spacial score (nSPS) is 11.0. The largest absolute Gasteiger partial charge is 0.497 e. The molecular weight excluding hydrogens is 407 g/mol. The molecule has 0 bridgehead atoms. The number of methoxy groups -OCH3 is 1. The molecule has 0 spiro atoms. The molecule has 0 unspecified atom stereocenters. The van der Waals surface area contributed by atoms with E-state index in [1.54, 1.807) is 24.3 Å². The molecule has 1 heterocycles. The van der Waals surface area contributed by atoms with Crippen LogP contribution in [0, 0.1) is 0 Å². The number of thiazole rings is 1. The standard InChI is InChI=1S/C19H14F3N3O3S/c1-28-12-8-6-11(7-9-12)16(26)25-18-24-15(10-29-18)17(27)23-14-5-3-2-4-13(14)19(20,21)22/h2-10H,1H3,(H,23,27)(H,24,25,26). The van der Waals surface area contributed by atoms with Crippen LogP contribution >= 0.6 is 11.3 Å². The maximum atomic E-state index is 13.0. The second kappa shape index (κ2) is 8.31. The van der Waals surface area contributed by atoms with Gasteiger partial charge in [0.1, 0.15) is 11.4 Å². The first-order valence-electron chi connectivity index (χ1n) is 8.16. The van der Waals surface area contributed by atoms with Crippen LogP contribution in [0.25, 0.3) is 0 Å². The van der Waals surface area contributed by atoms with Crippen molar-refractivity contribution in [3.8, 4) is 5.75 Å². The van der Waals surface area contributed by atoms with Gasteiger partial charge in [0.05, 0.1) is 18.4 Å². The number of anilines is 2. The SMILES string of the molecule is COc1ccc(C(=O)Nc2nc(C(=O)Nc3ccccc3C(F)(F)F)cs2)cc1. The van der Waals surface area contributed by atoms with Crippen molar-refractivity contribution in [3.05, 3.63) is 70.7 Å². The lowest BCUT2D eigenvalue weighted by Gasteiger charge is -2.12. The van der Waals surface area contributed by atoms with Crippen molar-refractivity contribution in [1.82, 2.24) is 4.98 Å². The number of carbonyl (C=O) groups is 2. The van der Waals surface area contributed by atoms with Crippen molar-refractivity contribution in [2.45, 2.75) is 6.18 Å². The Morgan fingerprint density at radius 2 is 1.69 bits per heavy atom. The predicted molar refractivity (Wildman–Crippen MR) is 102 cm³/mol. The summed E-state index contributed by atoms with van der Waals surface area (Å²) in [6, 6.07) is 11.0. The number of nitrogens with one attached hydrogen (secondary N) is 2. The average molecular weight is 421 g/mol. The van der Waals surface area contributed by atoms with Crippen molar-refractivity contribution in [3.63, 3.8) is 0 Å². The fraction of sp³-hybridized carbons (Fsp3) is 0.105. The average Bonchev–Trinajstić information content (AvgIpc) is 3.16. The topological polar surface area (TPSA) is 80.3 Å². The van der Waals surface area contributed by atoms with Crippen molar-refractivity contribution in [2.24, 2.45) is 0 Å². The number of halogens is 3. The third-order valence-electron chi connectivity index (χ3n) is 3.79. The molecule has 29 heavy (non-hydrogen) atoms. The van der Waals surface area contributed by atoms with Gasteiger partial charge in [-0.05, 0) is 36.4 Å². The van der Waals surface area contributed by atoms with Crippen LogP contribution in [0.3, 0.4) is 0 Å². The Bertz CT molecular complexity index is 1030. The van der Waals surface area contributed by atoms with E-state index in [0.717, 1.165) is 23.5 Å². The molecule has 10 heteroatoms. The van der Waals surface area contributed by atoms with Crippen LogP contribution in [0.4, 0.5) is 24.0 Å². The highest BCUT2D eigenvalue weighted by molar-refractivity contribution is 7.14. The van der Waals surface area contributed by atoms with Crippen molar-refractivity contribution >= 4 is 34.0 Å². The van der Waals surface area contributed by atoms with Gasteiger partial charge in [-0.2, -0.15) is 13.2 Å². The van der Waals surface area contributed by atoms with E-state index in [-0.39, 0.29) is 16.5 Å². The van der Waals surface area contributed by atoms with E-state index < -0.39 is 23.6 Å². The van der Waals surface area contributed by atoms with Gasteiger partial charge >= 0.3 is 6.18 Å². The van der Waals surface area contributed by atoms with E-state index in [9.17, 15) is 22.8 Å². The lowest BCUT2D eigenvalue weighted by Crippen LogP contribution is -2.17. The second-order valence-corrected chi connectivity index (χ2v) is 6.58. The van der Waals surface area contributed by atoms with Gasteiger partial charge in [-0.25, -0.2) is 4.98 Å². The van der Waals surface area contributed by atoms with Gasteiger partial charge in [-0.1, -0.05) is 12.1 Å². The molecule has 0 radical (unpaired) electrons. The number of carbonyl (C=O) groups excluding carboxylic acids is 2. The molecule has 3 rings (SSSR count). The number of aromatic nitrogens is 1. The lowest BCUT2D eigenvalue weighted by molar-refractivity contribution is -0.136. The van der Waals surface area contributed by atoms with Gasteiger partial charge in [0.15, 0.2) is 5.13 Å². The van der Waals surface area contributed by atoms with Crippen LogP contribution in [0.5, 0.6) is 5.75 Å². The Morgan fingerprint density at radius 1 is 1.00 bits per heavy atom. The van der Waals surface area contributed by atoms with E-state index in [4.69, 9.17) is 4.74 Å². The van der Waals surface area contributed by atoms with E-state index in [2.05, 4.69) is 15.6 Å². The van der Waals surface area contributed by atoms with E-state index in [1.807, 2.05) is 0 Å². The van der Waals surface area contributed by atoms with Gasteiger partial charge < -0.3 is 10.1 Å². The molecule has 0 fully saturated rings. The fourth-order valence-electron chi connectivity index (χ4n) is 2.37. The molecular formula is C19H14F3N3O3S. The van der Waals surface area contributed by atoms with Crippen LogP contribution in [0.1, 0.15) is 26.4 Å². The van der Waals surface area contributed by atoms with E-state index in [0.29, 0.717) is 11.3 Å². The molecule has 0 aliphatic heterocycles. The molecule has 2 N–H and O–H groups in total. The number of hydrogen-bond acceptors (Lipinski definition) is 5. The molecule has 0 saturated carbocycles. The molecule has 150 valence electrons. The zero-order valence-corrected chi connectivity index (χ0v) is 15.7. The summed E-state index contributed by atoms with van der Waals surface area (Å²) >= 11 is 0.978.